The van der Waals surface area contributed by atoms with E-state index < -0.39 is 11.5 Å². The van der Waals surface area contributed by atoms with Crippen molar-refractivity contribution in [1.82, 2.24) is 9.80 Å². The van der Waals surface area contributed by atoms with E-state index in [2.05, 4.69) is 4.90 Å². The lowest BCUT2D eigenvalue weighted by atomic mass is 9.92. The van der Waals surface area contributed by atoms with Crippen LogP contribution in [0, 0.1) is 0 Å². The number of benzene rings is 1. The highest BCUT2D eigenvalue weighted by Gasteiger charge is 2.40. The molecule has 1 aromatic carbocycles. The molecule has 0 radical (unpaired) electrons. The maximum Gasteiger partial charge on any atom is 0.253 e. The van der Waals surface area contributed by atoms with E-state index in [0.29, 0.717) is 24.9 Å². The van der Waals surface area contributed by atoms with Gasteiger partial charge in [-0.1, -0.05) is 12.1 Å². The third-order valence-electron chi connectivity index (χ3n) is 5.02. The Bertz CT molecular complexity index is 610. The normalized spacial score (nSPS) is 25.0. The highest BCUT2D eigenvalue weighted by Crippen LogP contribution is 2.22. The van der Waals surface area contributed by atoms with Crippen LogP contribution in [0.5, 0.6) is 0 Å². The minimum absolute atomic E-state index is 0.0311. The SMILES string of the molecule is NC(=O)C1(O)CCCN(C(=O)c2ccc(CN3CCCC3)cc2)C1. The number of amides is 2. The van der Waals surface area contributed by atoms with Crippen LogP contribution in [0.3, 0.4) is 0 Å². The van der Waals surface area contributed by atoms with E-state index in [9.17, 15) is 14.7 Å². The molecule has 6 nitrogen and oxygen atoms in total. The van der Waals surface area contributed by atoms with Crippen molar-refractivity contribution in [2.45, 2.75) is 37.8 Å². The van der Waals surface area contributed by atoms with Gasteiger partial charge in [0, 0.05) is 18.7 Å². The molecular weight excluding hydrogens is 306 g/mol. The highest BCUT2D eigenvalue weighted by molar-refractivity contribution is 5.95. The van der Waals surface area contributed by atoms with Crippen molar-refractivity contribution in [2.24, 2.45) is 5.73 Å². The average Bonchev–Trinajstić information content (AvgIpc) is 3.08. The molecule has 6 heteroatoms. The van der Waals surface area contributed by atoms with Crippen molar-refractivity contribution < 1.29 is 14.7 Å². The highest BCUT2D eigenvalue weighted by atomic mass is 16.3. The van der Waals surface area contributed by atoms with Gasteiger partial charge in [-0.25, -0.2) is 0 Å². The van der Waals surface area contributed by atoms with E-state index in [-0.39, 0.29) is 12.5 Å². The van der Waals surface area contributed by atoms with Crippen molar-refractivity contribution in [3.63, 3.8) is 0 Å². The van der Waals surface area contributed by atoms with Crippen molar-refractivity contribution >= 4 is 11.8 Å². The predicted molar refractivity (Wildman–Crippen MR) is 90.2 cm³/mol. The molecule has 0 aromatic heterocycles. The van der Waals surface area contributed by atoms with Crippen LogP contribution in [0.15, 0.2) is 24.3 Å². The van der Waals surface area contributed by atoms with E-state index in [1.54, 1.807) is 0 Å². The first-order valence-corrected chi connectivity index (χ1v) is 8.61. The monoisotopic (exact) mass is 331 g/mol. The molecular formula is C18H25N3O3. The Labute approximate surface area is 142 Å². The standard InChI is InChI=1S/C18H25N3O3/c19-17(23)18(24)8-3-11-21(13-18)16(22)15-6-4-14(5-7-15)12-20-9-1-2-10-20/h4-7,24H,1-3,8-13H2,(H2,19,23). The van der Waals surface area contributed by atoms with Gasteiger partial charge in [-0.15, -0.1) is 0 Å². The minimum Gasteiger partial charge on any atom is -0.378 e. The van der Waals surface area contributed by atoms with Crippen LogP contribution in [0.25, 0.3) is 0 Å². The Morgan fingerprint density at radius 1 is 1.08 bits per heavy atom. The fourth-order valence-electron chi connectivity index (χ4n) is 3.54. The van der Waals surface area contributed by atoms with Gasteiger partial charge in [-0.3, -0.25) is 14.5 Å². The largest absolute Gasteiger partial charge is 0.378 e. The van der Waals surface area contributed by atoms with Crippen LogP contribution in [0.2, 0.25) is 0 Å². The van der Waals surface area contributed by atoms with E-state index in [0.717, 1.165) is 19.6 Å². The number of hydrogen-bond acceptors (Lipinski definition) is 4. The van der Waals surface area contributed by atoms with E-state index in [1.807, 2.05) is 24.3 Å². The van der Waals surface area contributed by atoms with Crippen LogP contribution in [-0.4, -0.2) is 58.5 Å². The van der Waals surface area contributed by atoms with Gasteiger partial charge in [-0.05, 0) is 56.5 Å². The quantitative estimate of drug-likeness (QED) is 0.852. The lowest BCUT2D eigenvalue weighted by molar-refractivity contribution is -0.140. The summed E-state index contributed by atoms with van der Waals surface area (Å²) in [6.45, 7) is 3.70. The summed E-state index contributed by atoms with van der Waals surface area (Å²) in [6.07, 6.45) is 3.39. The molecule has 2 aliphatic rings. The third kappa shape index (κ3) is 3.60. The minimum atomic E-state index is -1.61. The molecule has 2 aliphatic heterocycles. The molecule has 3 rings (SSSR count). The van der Waals surface area contributed by atoms with Crippen molar-refractivity contribution in [1.29, 1.82) is 0 Å². The maximum absolute atomic E-state index is 12.6. The molecule has 2 heterocycles. The maximum atomic E-state index is 12.6. The van der Waals surface area contributed by atoms with Crippen LogP contribution in [0.4, 0.5) is 0 Å². The Hall–Kier alpha value is -1.92. The van der Waals surface area contributed by atoms with Crippen LogP contribution in [-0.2, 0) is 11.3 Å². The second kappa shape index (κ2) is 6.91. The summed E-state index contributed by atoms with van der Waals surface area (Å²) in [5, 5.41) is 10.2. The van der Waals surface area contributed by atoms with Crippen molar-refractivity contribution in [3.05, 3.63) is 35.4 Å². The van der Waals surface area contributed by atoms with E-state index in [1.165, 1.54) is 23.3 Å². The third-order valence-corrected chi connectivity index (χ3v) is 5.02. The van der Waals surface area contributed by atoms with Crippen LogP contribution < -0.4 is 5.73 Å². The average molecular weight is 331 g/mol. The van der Waals surface area contributed by atoms with Gasteiger partial charge < -0.3 is 15.7 Å². The number of β-amino-alcohol motifs (C(OH)–C–C–N with tert-alkyl or cyclic N) is 1. The Morgan fingerprint density at radius 3 is 2.38 bits per heavy atom. The zero-order valence-electron chi connectivity index (χ0n) is 13.9. The van der Waals surface area contributed by atoms with E-state index in [4.69, 9.17) is 5.73 Å². The van der Waals surface area contributed by atoms with Gasteiger partial charge in [0.2, 0.25) is 0 Å². The molecule has 1 unspecified atom stereocenters. The van der Waals surface area contributed by atoms with Crippen LogP contribution in [0.1, 0.15) is 41.6 Å². The first-order chi connectivity index (χ1) is 11.5. The van der Waals surface area contributed by atoms with Gasteiger partial charge in [0.05, 0.1) is 6.54 Å². The second-order valence-corrected chi connectivity index (χ2v) is 6.91. The summed E-state index contributed by atoms with van der Waals surface area (Å²) in [5.41, 5.74) is 5.43. The lowest BCUT2D eigenvalue weighted by Gasteiger charge is -2.37. The number of piperidine rings is 1. The molecule has 3 N–H and O–H groups in total. The van der Waals surface area contributed by atoms with E-state index >= 15 is 0 Å². The Balaban J connectivity index is 1.65. The van der Waals surface area contributed by atoms with Gasteiger partial charge in [0.1, 0.15) is 0 Å². The number of nitrogens with zero attached hydrogens (tertiary/aromatic N) is 2. The zero-order chi connectivity index (χ0) is 17.2. The summed E-state index contributed by atoms with van der Waals surface area (Å²) < 4.78 is 0. The molecule has 2 amide bonds. The molecule has 130 valence electrons. The summed E-state index contributed by atoms with van der Waals surface area (Å²) in [6, 6.07) is 7.61. The number of carbonyl (C=O) groups is 2. The Morgan fingerprint density at radius 2 is 1.75 bits per heavy atom. The summed E-state index contributed by atoms with van der Waals surface area (Å²) in [5.74, 6) is -0.928. The van der Waals surface area contributed by atoms with Crippen molar-refractivity contribution in [3.8, 4) is 0 Å². The second-order valence-electron chi connectivity index (χ2n) is 6.91. The molecule has 1 atom stereocenters. The van der Waals surface area contributed by atoms with Gasteiger partial charge >= 0.3 is 0 Å². The zero-order valence-corrected chi connectivity index (χ0v) is 13.9. The molecule has 1 aromatic rings. The van der Waals surface area contributed by atoms with Crippen molar-refractivity contribution in [2.75, 3.05) is 26.2 Å². The molecule has 24 heavy (non-hydrogen) atoms. The van der Waals surface area contributed by atoms with Gasteiger partial charge in [0.15, 0.2) is 5.60 Å². The summed E-state index contributed by atoms with van der Waals surface area (Å²) >= 11 is 0. The van der Waals surface area contributed by atoms with Gasteiger partial charge in [0.25, 0.3) is 11.8 Å². The number of carbonyl (C=O) groups excluding carboxylic acids is 2. The first-order valence-electron chi connectivity index (χ1n) is 8.61. The number of hydrogen-bond donors (Lipinski definition) is 2. The summed E-state index contributed by atoms with van der Waals surface area (Å²) in [4.78, 5) is 28.0. The summed E-state index contributed by atoms with van der Waals surface area (Å²) in [7, 11) is 0. The van der Waals surface area contributed by atoms with Gasteiger partial charge in [-0.2, -0.15) is 0 Å². The smallest absolute Gasteiger partial charge is 0.253 e. The molecule has 0 aliphatic carbocycles. The fraction of sp³-hybridized carbons (Fsp3) is 0.556. The fourth-order valence-corrected chi connectivity index (χ4v) is 3.54. The lowest BCUT2D eigenvalue weighted by Crippen LogP contribution is -2.57. The van der Waals surface area contributed by atoms with Crippen LogP contribution >= 0.6 is 0 Å². The first kappa shape index (κ1) is 16.9. The molecule has 2 saturated heterocycles. The molecule has 2 fully saturated rings. The molecule has 0 bridgehead atoms. The molecule has 0 saturated carbocycles. The number of likely N-dealkylation sites (tertiary alicyclic amines) is 2. The number of nitrogens with two attached hydrogens (primary N) is 1. The number of aliphatic hydroxyl groups is 1. The Kier molecular flexibility index (Phi) is 4.87. The number of rotatable bonds is 4. The molecule has 0 spiro atoms. The topological polar surface area (TPSA) is 86.9 Å². The number of primary amides is 1. The predicted octanol–water partition coefficient (Wildman–Crippen LogP) is 0.735.